The summed E-state index contributed by atoms with van der Waals surface area (Å²) in [6.07, 6.45) is 1.92. The molecule has 3 rings (SSSR count). The first-order valence-corrected chi connectivity index (χ1v) is 6.89. The first-order chi connectivity index (χ1) is 10.3. The highest BCUT2D eigenvalue weighted by Crippen LogP contribution is 2.20. The number of nitrogens with two attached hydrogens (primary N) is 1. The number of benzene rings is 2. The number of hydrogen-bond acceptors (Lipinski definition) is 2. The largest absolute Gasteiger partial charge is 0.338 e. The second kappa shape index (κ2) is 5.81. The van der Waals surface area contributed by atoms with Crippen LogP contribution in [0.4, 0.5) is 5.69 Å². The molecule has 3 aromatic rings. The van der Waals surface area contributed by atoms with E-state index in [4.69, 9.17) is 5.73 Å². The molecule has 0 aliphatic heterocycles. The molecule has 2 aromatic carbocycles. The van der Waals surface area contributed by atoms with Gasteiger partial charge in [0.05, 0.1) is 0 Å². The van der Waals surface area contributed by atoms with Gasteiger partial charge in [-0.05, 0) is 29.8 Å². The van der Waals surface area contributed by atoms with Crippen LogP contribution in [0, 0.1) is 0 Å². The highest BCUT2D eigenvalue weighted by Gasteiger charge is 2.08. The molecule has 1 heterocycles. The fraction of sp³-hybridized carbons (Fsp3) is 0.118. The van der Waals surface area contributed by atoms with Crippen LogP contribution in [0.25, 0.3) is 10.9 Å². The quantitative estimate of drug-likeness (QED) is 0.771. The van der Waals surface area contributed by atoms with E-state index in [0.29, 0.717) is 6.54 Å². The Morgan fingerprint density at radius 2 is 1.86 bits per heavy atom. The minimum Gasteiger partial charge on any atom is -0.338 e. The van der Waals surface area contributed by atoms with E-state index in [-0.39, 0.29) is 12.5 Å². The number of carbonyl (C=O) groups excluding carboxylic acids is 1. The van der Waals surface area contributed by atoms with Gasteiger partial charge < -0.3 is 15.6 Å². The topological polar surface area (TPSA) is 60.0 Å². The zero-order valence-corrected chi connectivity index (χ0v) is 11.6. The summed E-state index contributed by atoms with van der Waals surface area (Å²) in [7, 11) is 0. The average Bonchev–Trinajstić information content (AvgIpc) is 2.91. The lowest BCUT2D eigenvalue weighted by molar-refractivity contribution is -0.116. The Morgan fingerprint density at radius 1 is 1.05 bits per heavy atom. The molecule has 0 saturated heterocycles. The van der Waals surface area contributed by atoms with E-state index in [2.05, 4.69) is 5.32 Å². The Kier molecular flexibility index (Phi) is 3.71. The Balaban J connectivity index is 1.80. The van der Waals surface area contributed by atoms with E-state index in [1.807, 2.05) is 65.4 Å². The van der Waals surface area contributed by atoms with Crippen molar-refractivity contribution in [2.75, 3.05) is 5.32 Å². The molecular formula is C17H17N3O. The molecule has 0 atom stereocenters. The van der Waals surface area contributed by atoms with Crippen LogP contribution in [0.2, 0.25) is 0 Å². The number of nitrogens with zero attached hydrogens (tertiary/aromatic N) is 1. The van der Waals surface area contributed by atoms with Gasteiger partial charge in [0.1, 0.15) is 6.54 Å². The van der Waals surface area contributed by atoms with Crippen molar-refractivity contribution in [2.24, 2.45) is 5.73 Å². The molecule has 1 amide bonds. The molecule has 0 aliphatic rings. The van der Waals surface area contributed by atoms with Gasteiger partial charge in [-0.25, -0.2) is 0 Å². The van der Waals surface area contributed by atoms with Crippen LogP contribution in [-0.4, -0.2) is 10.5 Å². The van der Waals surface area contributed by atoms with Crippen LogP contribution >= 0.6 is 0 Å². The minimum absolute atomic E-state index is 0.0446. The third kappa shape index (κ3) is 2.80. The number of aromatic nitrogens is 1. The first-order valence-electron chi connectivity index (χ1n) is 6.89. The lowest BCUT2D eigenvalue weighted by Crippen LogP contribution is -2.18. The third-order valence-electron chi connectivity index (χ3n) is 3.50. The zero-order chi connectivity index (χ0) is 14.7. The maximum Gasteiger partial charge on any atom is 0.244 e. The lowest BCUT2D eigenvalue weighted by atomic mass is 10.1. The predicted octanol–water partition coefficient (Wildman–Crippen LogP) is 2.74. The van der Waals surface area contributed by atoms with Gasteiger partial charge in [-0.15, -0.1) is 0 Å². The molecule has 3 N–H and O–H groups in total. The highest BCUT2D eigenvalue weighted by atomic mass is 16.1. The molecule has 1 aromatic heterocycles. The number of amides is 1. The molecule has 0 aliphatic carbocycles. The first kappa shape index (κ1) is 13.4. The van der Waals surface area contributed by atoms with Gasteiger partial charge in [0.25, 0.3) is 0 Å². The number of rotatable bonds is 4. The van der Waals surface area contributed by atoms with Crippen molar-refractivity contribution in [3.63, 3.8) is 0 Å². The standard InChI is InChI=1S/C17H17N3O/c18-11-13-5-4-8-16-15(13)9-10-20(16)12-17(21)19-14-6-2-1-3-7-14/h1-10H,11-12,18H2,(H,19,21). The highest BCUT2D eigenvalue weighted by molar-refractivity contribution is 5.92. The van der Waals surface area contributed by atoms with Crippen LogP contribution < -0.4 is 11.1 Å². The smallest absolute Gasteiger partial charge is 0.244 e. The number of para-hydroxylation sites is 1. The summed E-state index contributed by atoms with van der Waals surface area (Å²) in [5.41, 5.74) is 8.67. The van der Waals surface area contributed by atoms with E-state index < -0.39 is 0 Å². The van der Waals surface area contributed by atoms with Crippen LogP contribution in [-0.2, 0) is 17.9 Å². The van der Waals surface area contributed by atoms with Crippen molar-refractivity contribution in [2.45, 2.75) is 13.1 Å². The van der Waals surface area contributed by atoms with Crippen LogP contribution in [0.3, 0.4) is 0 Å². The number of anilines is 1. The molecule has 106 valence electrons. The molecule has 0 radical (unpaired) electrons. The minimum atomic E-state index is -0.0446. The molecule has 0 fully saturated rings. The SMILES string of the molecule is NCc1cccc2c1ccn2CC(=O)Nc1ccccc1. The zero-order valence-electron chi connectivity index (χ0n) is 11.6. The second-order valence-corrected chi connectivity index (χ2v) is 4.91. The third-order valence-corrected chi connectivity index (χ3v) is 3.50. The van der Waals surface area contributed by atoms with Crippen molar-refractivity contribution in [3.05, 3.63) is 66.4 Å². The van der Waals surface area contributed by atoms with Crippen molar-refractivity contribution in [3.8, 4) is 0 Å². The van der Waals surface area contributed by atoms with E-state index in [1.54, 1.807) is 0 Å². The summed E-state index contributed by atoms with van der Waals surface area (Å²) in [6.45, 7) is 0.782. The molecule has 4 heteroatoms. The molecule has 0 bridgehead atoms. The molecule has 0 unspecified atom stereocenters. The molecule has 0 spiro atoms. The van der Waals surface area contributed by atoms with Crippen molar-refractivity contribution in [1.82, 2.24) is 4.57 Å². The van der Waals surface area contributed by atoms with Gasteiger partial charge in [0, 0.05) is 29.3 Å². The summed E-state index contributed by atoms with van der Waals surface area (Å²) in [4.78, 5) is 12.1. The van der Waals surface area contributed by atoms with Crippen molar-refractivity contribution < 1.29 is 4.79 Å². The average molecular weight is 279 g/mol. The van der Waals surface area contributed by atoms with E-state index in [1.165, 1.54) is 0 Å². The fourth-order valence-electron chi connectivity index (χ4n) is 2.48. The lowest BCUT2D eigenvalue weighted by Gasteiger charge is -2.08. The Labute approximate surface area is 123 Å². The van der Waals surface area contributed by atoms with E-state index in [9.17, 15) is 4.79 Å². The Bertz CT molecular complexity index is 762. The number of hydrogen-bond donors (Lipinski definition) is 2. The van der Waals surface area contributed by atoms with Gasteiger partial charge in [-0.1, -0.05) is 30.3 Å². The van der Waals surface area contributed by atoms with Gasteiger partial charge in [-0.3, -0.25) is 4.79 Å². The summed E-state index contributed by atoms with van der Waals surface area (Å²) < 4.78 is 1.94. The molecular weight excluding hydrogens is 262 g/mol. The summed E-state index contributed by atoms with van der Waals surface area (Å²) in [6, 6.07) is 17.5. The van der Waals surface area contributed by atoms with Gasteiger partial charge >= 0.3 is 0 Å². The van der Waals surface area contributed by atoms with E-state index in [0.717, 1.165) is 22.2 Å². The maximum absolute atomic E-state index is 12.1. The van der Waals surface area contributed by atoms with Gasteiger partial charge in [0.2, 0.25) is 5.91 Å². The summed E-state index contributed by atoms with van der Waals surface area (Å²) in [5, 5.41) is 3.99. The predicted molar refractivity (Wildman–Crippen MR) is 84.9 cm³/mol. The number of fused-ring (bicyclic) bond motifs is 1. The van der Waals surface area contributed by atoms with Gasteiger partial charge in [0.15, 0.2) is 0 Å². The number of carbonyl (C=O) groups is 1. The summed E-state index contributed by atoms with van der Waals surface area (Å²) >= 11 is 0. The van der Waals surface area contributed by atoms with Crippen LogP contribution in [0.5, 0.6) is 0 Å². The monoisotopic (exact) mass is 279 g/mol. The van der Waals surface area contributed by atoms with Crippen LogP contribution in [0.15, 0.2) is 60.8 Å². The Morgan fingerprint density at radius 3 is 2.62 bits per heavy atom. The van der Waals surface area contributed by atoms with Crippen molar-refractivity contribution >= 4 is 22.5 Å². The second-order valence-electron chi connectivity index (χ2n) is 4.91. The normalized spacial score (nSPS) is 10.7. The summed E-state index contributed by atoms with van der Waals surface area (Å²) in [5.74, 6) is -0.0446. The van der Waals surface area contributed by atoms with Gasteiger partial charge in [-0.2, -0.15) is 0 Å². The van der Waals surface area contributed by atoms with Crippen LogP contribution in [0.1, 0.15) is 5.56 Å². The Hall–Kier alpha value is -2.59. The molecule has 4 nitrogen and oxygen atoms in total. The maximum atomic E-state index is 12.1. The van der Waals surface area contributed by atoms with Crippen molar-refractivity contribution in [1.29, 1.82) is 0 Å². The molecule has 21 heavy (non-hydrogen) atoms. The number of nitrogens with one attached hydrogen (secondary N) is 1. The fourth-order valence-corrected chi connectivity index (χ4v) is 2.48. The molecule has 0 saturated carbocycles. The van der Waals surface area contributed by atoms with E-state index >= 15 is 0 Å².